The highest BCUT2D eigenvalue weighted by atomic mass is 16.6. The van der Waals surface area contributed by atoms with Crippen LogP contribution in [-0.4, -0.2) is 0 Å². The van der Waals surface area contributed by atoms with Crippen LogP contribution in [0.2, 0.25) is 0 Å². The Morgan fingerprint density at radius 3 is 1.88 bits per heavy atom. The quantitative estimate of drug-likeness (QED) is 0.656. The van der Waals surface area contributed by atoms with Crippen molar-refractivity contribution >= 4 is 0 Å². The minimum absolute atomic E-state index is 0.404. The number of fused-ring (bicyclic) bond motifs is 1. The van der Waals surface area contributed by atoms with Crippen LogP contribution in [0, 0.1) is 5.92 Å². The fraction of sp³-hybridized carbons (Fsp3) is 0.143. The molecule has 2 aliphatic rings. The van der Waals surface area contributed by atoms with Gasteiger partial charge in [0.25, 0.3) is 0 Å². The van der Waals surface area contributed by atoms with Gasteiger partial charge in [0, 0.05) is 0 Å². The van der Waals surface area contributed by atoms with Crippen LogP contribution in [0.1, 0.15) is 6.92 Å². The summed E-state index contributed by atoms with van der Waals surface area (Å²) in [4.78, 5) is 0. The largest absolute Gasteiger partial charge is 0.450 e. The van der Waals surface area contributed by atoms with Gasteiger partial charge in [0.2, 0.25) is 0 Å². The number of rotatable bonds is 0. The van der Waals surface area contributed by atoms with Gasteiger partial charge in [-0.1, -0.05) is 31.2 Å². The highest BCUT2D eigenvalue weighted by Gasteiger charge is 2.19. The number of ether oxygens (including phenoxy) is 2. The first-order valence-corrected chi connectivity index (χ1v) is 5.38. The van der Waals surface area contributed by atoms with Crippen molar-refractivity contribution in [3.05, 3.63) is 60.1 Å². The molecule has 0 saturated carbocycles. The third-order valence-corrected chi connectivity index (χ3v) is 2.63. The maximum absolute atomic E-state index is 5.78. The molecule has 0 atom stereocenters. The first-order valence-electron chi connectivity index (χ1n) is 5.38. The van der Waals surface area contributed by atoms with E-state index in [4.69, 9.17) is 9.47 Å². The second-order valence-corrected chi connectivity index (χ2v) is 3.96. The molecule has 0 aromatic heterocycles. The van der Waals surface area contributed by atoms with E-state index in [-0.39, 0.29) is 0 Å². The van der Waals surface area contributed by atoms with E-state index in [1.165, 1.54) is 0 Å². The van der Waals surface area contributed by atoms with Crippen LogP contribution < -0.4 is 9.47 Å². The zero-order valence-electron chi connectivity index (χ0n) is 9.01. The predicted octanol–water partition coefficient (Wildman–Crippen LogP) is 3.43. The lowest BCUT2D eigenvalue weighted by Gasteiger charge is -2.19. The topological polar surface area (TPSA) is 18.5 Å². The zero-order valence-corrected chi connectivity index (χ0v) is 9.01. The number of hydrogen-bond donors (Lipinski definition) is 0. The third kappa shape index (κ3) is 1.52. The molecular weight excluding hydrogens is 200 g/mol. The molecule has 1 aromatic rings. The van der Waals surface area contributed by atoms with E-state index in [0.29, 0.717) is 5.92 Å². The number of para-hydroxylation sites is 2. The van der Waals surface area contributed by atoms with Crippen molar-refractivity contribution in [1.82, 2.24) is 0 Å². The van der Waals surface area contributed by atoms with Gasteiger partial charge in [-0.15, -0.1) is 0 Å². The fourth-order valence-electron chi connectivity index (χ4n) is 1.73. The zero-order chi connectivity index (χ0) is 11.0. The Morgan fingerprint density at radius 2 is 1.38 bits per heavy atom. The summed E-state index contributed by atoms with van der Waals surface area (Å²) < 4.78 is 11.6. The van der Waals surface area contributed by atoms with Gasteiger partial charge in [0.1, 0.15) is 0 Å². The van der Waals surface area contributed by atoms with Crippen molar-refractivity contribution in [2.45, 2.75) is 6.92 Å². The summed E-state index contributed by atoms with van der Waals surface area (Å²) in [7, 11) is 0. The smallest absolute Gasteiger partial charge is 0.170 e. The second-order valence-electron chi connectivity index (χ2n) is 3.96. The Bertz CT molecular complexity index is 464. The van der Waals surface area contributed by atoms with Gasteiger partial charge in [-0.3, -0.25) is 0 Å². The maximum Gasteiger partial charge on any atom is 0.170 e. The minimum atomic E-state index is 0.404. The van der Waals surface area contributed by atoms with Crippen LogP contribution >= 0.6 is 0 Å². The molecule has 16 heavy (non-hydrogen) atoms. The molecule has 3 rings (SSSR count). The van der Waals surface area contributed by atoms with Gasteiger partial charge in [0.15, 0.2) is 23.0 Å². The van der Waals surface area contributed by atoms with Gasteiger partial charge in [-0.05, 0) is 30.2 Å². The lowest BCUT2D eigenvalue weighted by atomic mass is 10.2. The summed E-state index contributed by atoms with van der Waals surface area (Å²) in [5.74, 6) is 3.50. The molecule has 0 fully saturated rings. The van der Waals surface area contributed by atoms with Crippen molar-refractivity contribution in [2.24, 2.45) is 5.92 Å². The Hall–Kier alpha value is -1.96. The highest BCUT2D eigenvalue weighted by molar-refractivity contribution is 5.48. The van der Waals surface area contributed by atoms with E-state index in [2.05, 4.69) is 19.1 Å². The first-order chi connectivity index (χ1) is 7.83. The number of benzene rings is 1. The molecule has 0 unspecified atom stereocenters. The molecular formula is C14H12O2. The van der Waals surface area contributed by atoms with Crippen LogP contribution in [0.5, 0.6) is 11.5 Å². The molecule has 0 radical (unpaired) electrons. The van der Waals surface area contributed by atoms with Crippen LogP contribution in [0.15, 0.2) is 60.1 Å². The van der Waals surface area contributed by atoms with Crippen LogP contribution in [-0.2, 0) is 0 Å². The molecule has 0 spiro atoms. The number of hydrogen-bond acceptors (Lipinski definition) is 2. The molecule has 0 amide bonds. The lowest BCUT2D eigenvalue weighted by Crippen LogP contribution is -2.08. The van der Waals surface area contributed by atoms with E-state index >= 15 is 0 Å². The van der Waals surface area contributed by atoms with Gasteiger partial charge in [-0.2, -0.15) is 0 Å². The summed E-state index contributed by atoms with van der Waals surface area (Å²) in [6.45, 7) is 2.12. The number of allylic oxidation sites excluding steroid dienone is 4. The van der Waals surface area contributed by atoms with Gasteiger partial charge in [-0.25, -0.2) is 0 Å². The van der Waals surface area contributed by atoms with E-state index in [1.54, 1.807) is 0 Å². The monoisotopic (exact) mass is 212 g/mol. The lowest BCUT2D eigenvalue weighted by molar-refractivity contribution is 0.316. The average molecular weight is 212 g/mol. The summed E-state index contributed by atoms with van der Waals surface area (Å²) in [5, 5.41) is 0. The minimum Gasteiger partial charge on any atom is -0.450 e. The van der Waals surface area contributed by atoms with Gasteiger partial charge in [0.05, 0.1) is 0 Å². The van der Waals surface area contributed by atoms with Crippen molar-refractivity contribution in [1.29, 1.82) is 0 Å². The summed E-state index contributed by atoms with van der Waals surface area (Å²) in [6, 6.07) is 7.69. The molecule has 1 aliphatic heterocycles. The SMILES string of the molecule is CC1C=CC2=C(C=C1)Oc1ccccc1O2. The van der Waals surface area contributed by atoms with Crippen molar-refractivity contribution in [3.8, 4) is 11.5 Å². The van der Waals surface area contributed by atoms with Crippen LogP contribution in [0.4, 0.5) is 0 Å². The highest BCUT2D eigenvalue weighted by Crippen LogP contribution is 2.36. The van der Waals surface area contributed by atoms with E-state index in [1.807, 2.05) is 36.4 Å². The molecule has 0 saturated heterocycles. The summed E-state index contributed by atoms with van der Waals surface area (Å²) in [6.07, 6.45) is 8.12. The Balaban J connectivity index is 2.02. The molecule has 0 N–H and O–H groups in total. The van der Waals surface area contributed by atoms with E-state index in [0.717, 1.165) is 23.0 Å². The molecule has 0 bridgehead atoms. The molecule has 1 aromatic carbocycles. The predicted molar refractivity (Wildman–Crippen MR) is 62.2 cm³/mol. The van der Waals surface area contributed by atoms with Crippen molar-refractivity contribution in [2.75, 3.05) is 0 Å². The Labute approximate surface area is 94.5 Å². The van der Waals surface area contributed by atoms with Gasteiger partial charge < -0.3 is 9.47 Å². The van der Waals surface area contributed by atoms with Crippen molar-refractivity contribution in [3.63, 3.8) is 0 Å². The standard InChI is InChI=1S/C14H12O2/c1-10-6-8-13-14(9-7-10)16-12-5-3-2-4-11(12)15-13/h2-10H,1H3. The maximum atomic E-state index is 5.78. The third-order valence-electron chi connectivity index (χ3n) is 2.63. The Kier molecular flexibility index (Phi) is 2.07. The summed E-state index contributed by atoms with van der Waals surface area (Å²) in [5.41, 5.74) is 0. The van der Waals surface area contributed by atoms with Crippen LogP contribution in [0.25, 0.3) is 0 Å². The summed E-state index contributed by atoms with van der Waals surface area (Å²) >= 11 is 0. The average Bonchev–Trinajstić information content (AvgIpc) is 2.49. The second kappa shape index (κ2) is 3.56. The normalized spacial score (nSPS) is 18.3. The van der Waals surface area contributed by atoms with E-state index < -0.39 is 0 Å². The van der Waals surface area contributed by atoms with E-state index in [9.17, 15) is 0 Å². The van der Waals surface area contributed by atoms with Crippen molar-refractivity contribution < 1.29 is 9.47 Å². The first kappa shape index (κ1) is 9.28. The molecule has 80 valence electrons. The fourth-order valence-corrected chi connectivity index (χ4v) is 1.73. The van der Waals surface area contributed by atoms with Gasteiger partial charge >= 0.3 is 0 Å². The molecule has 2 nitrogen and oxygen atoms in total. The Morgan fingerprint density at radius 1 is 0.875 bits per heavy atom. The molecule has 2 heteroatoms. The molecule has 1 aliphatic carbocycles. The van der Waals surface area contributed by atoms with Crippen LogP contribution in [0.3, 0.4) is 0 Å². The molecule has 1 heterocycles.